The first-order chi connectivity index (χ1) is 10.9. The highest BCUT2D eigenvalue weighted by molar-refractivity contribution is 8.02. The molecule has 0 spiro atoms. The van der Waals surface area contributed by atoms with Gasteiger partial charge in [-0.05, 0) is 55.4 Å². The van der Waals surface area contributed by atoms with Crippen molar-refractivity contribution in [1.82, 2.24) is 9.55 Å². The zero-order valence-corrected chi connectivity index (χ0v) is 15.0. The summed E-state index contributed by atoms with van der Waals surface area (Å²) in [6, 6.07) is 2.07. The van der Waals surface area contributed by atoms with Gasteiger partial charge < -0.3 is 4.74 Å². The van der Waals surface area contributed by atoms with Gasteiger partial charge in [0, 0.05) is 29.4 Å². The summed E-state index contributed by atoms with van der Waals surface area (Å²) < 4.78 is 6.89. The zero-order valence-electron chi connectivity index (χ0n) is 13.4. The minimum atomic E-state index is -0.555. The number of carbonyl (C=O) groups excluding carboxylic acids is 1. The van der Waals surface area contributed by atoms with Gasteiger partial charge in [-0.1, -0.05) is 0 Å². The number of hydrogen-bond acceptors (Lipinski definition) is 4. The van der Waals surface area contributed by atoms with Crippen molar-refractivity contribution in [3.63, 3.8) is 0 Å². The van der Waals surface area contributed by atoms with E-state index >= 15 is 0 Å². The quantitative estimate of drug-likeness (QED) is 0.712. The van der Waals surface area contributed by atoms with Crippen LogP contribution in [0.4, 0.5) is 4.79 Å². The number of fused-ring (bicyclic) bond motifs is 1. The fourth-order valence-electron chi connectivity index (χ4n) is 2.50. The maximum absolute atomic E-state index is 12.4. The lowest BCUT2D eigenvalue weighted by atomic mass is 10.1. The Labute approximate surface area is 144 Å². The van der Waals surface area contributed by atoms with Crippen molar-refractivity contribution in [3.8, 4) is 0 Å². The van der Waals surface area contributed by atoms with E-state index in [0.717, 1.165) is 28.7 Å². The molecule has 0 aliphatic carbocycles. The molecule has 2 aromatic heterocycles. The van der Waals surface area contributed by atoms with E-state index in [4.69, 9.17) is 16.3 Å². The number of aromatic nitrogens is 2. The highest BCUT2D eigenvalue weighted by Gasteiger charge is 2.22. The Hall–Kier alpha value is -1.46. The van der Waals surface area contributed by atoms with Crippen molar-refractivity contribution in [2.75, 3.05) is 5.75 Å². The van der Waals surface area contributed by atoms with Gasteiger partial charge in [0.25, 0.3) is 0 Å². The molecule has 0 aromatic carbocycles. The summed E-state index contributed by atoms with van der Waals surface area (Å²) in [5, 5.41) is 3.08. The van der Waals surface area contributed by atoms with Crippen molar-refractivity contribution in [1.29, 1.82) is 0 Å². The number of rotatable bonds is 2. The standard InChI is InChI=1S/C17H19ClN2O2S/c1-17(2,3)22-16(21)20-9-13(7-18)14-6-12(8-19-15(14)20)11-4-5-23-10-11/h6,8-10H,4-5,7H2,1-3H3. The molecule has 2 aromatic rings. The van der Waals surface area contributed by atoms with E-state index in [2.05, 4.69) is 16.5 Å². The van der Waals surface area contributed by atoms with E-state index in [1.54, 1.807) is 6.20 Å². The molecule has 1 aliphatic heterocycles. The molecule has 0 unspecified atom stereocenters. The van der Waals surface area contributed by atoms with Crippen LogP contribution in [0.2, 0.25) is 0 Å². The second kappa shape index (κ2) is 6.21. The number of carbonyl (C=O) groups is 1. The van der Waals surface area contributed by atoms with E-state index in [-0.39, 0.29) is 0 Å². The summed E-state index contributed by atoms with van der Waals surface area (Å²) in [6.45, 7) is 5.53. The Bertz CT molecular complexity index is 790. The van der Waals surface area contributed by atoms with Crippen LogP contribution in [0.3, 0.4) is 0 Å². The minimum absolute atomic E-state index is 0.325. The molecule has 23 heavy (non-hydrogen) atoms. The topological polar surface area (TPSA) is 44.1 Å². The van der Waals surface area contributed by atoms with Crippen LogP contribution in [0.25, 0.3) is 16.6 Å². The fourth-order valence-corrected chi connectivity index (χ4v) is 3.63. The van der Waals surface area contributed by atoms with Gasteiger partial charge in [0.05, 0.1) is 0 Å². The third-order valence-corrected chi connectivity index (χ3v) is 4.72. The van der Waals surface area contributed by atoms with Gasteiger partial charge in [0.1, 0.15) is 11.2 Å². The second-order valence-corrected chi connectivity index (χ2v) is 7.74. The molecule has 1 aliphatic rings. The van der Waals surface area contributed by atoms with Crippen LogP contribution in [0, 0.1) is 0 Å². The van der Waals surface area contributed by atoms with E-state index < -0.39 is 11.7 Å². The summed E-state index contributed by atoms with van der Waals surface area (Å²) in [5.41, 5.74) is 3.30. The number of nitrogens with zero attached hydrogens (tertiary/aromatic N) is 2. The van der Waals surface area contributed by atoms with Crippen molar-refractivity contribution in [2.24, 2.45) is 0 Å². The van der Waals surface area contributed by atoms with E-state index in [0.29, 0.717) is 11.5 Å². The maximum Gasteiger partial charge on any atom is 0.420 e. The van der Waals surface area contributed by atoms with Crippen LogP contribution in [0.1, 0.15) is 38.3 Å². The number of alkyl halides is 1. The number of allylic oxidation sites excluding steroid dienone is 1. The van der Waals surface area contributed by atoms with E-state index in [9.17, 15) is 4.79 Å². The molecule has 3 rings (SSSR count). The Morgan fingerprint density at radius 2 is 2.26 bits per heavy atom. The number of ether oxygens (including phenoxy) is 1. The number of halogens is 1. The van der Waals surface area contributed by atoms with Gasteiger partial charge >= 0.3 is 6.09 Å². The zero-order chi connectivity index (χ0) is 16.6. The molecule has 3 heterocycles. The molecule has 4 nitrogen and oxygen atoms in total. The molecular weight excluding hydrogens is 332 g/mol. The number of thioether (sulfide) groups is 1. The number of hydrogen-bond donors (Lipinski definition) is 0. The second-order valence-electron chi connectivity index (χ2n) is 6.50. The normalized spacial score (nSPS) is 15.0. The molecule has 6 heteroatoms. The van der Waals surface area contributed by atoms with E-state index in [1.165, 1.54) is 10.1 Å². The van der Waals surface area contributed by atoms with Crippen LogP contribution >= 0.6 is 23.4 Å². The van der Waals surface area contributed by atoms with Crippen LogP contribution in [0.5, 0.6) is 0 Å². The molecule has 0 N–H and O–H groups in total. The predicted octanol–water partition coefficient (Wildman–Crippen LogP) is 5.04. The average Bonchev–Trinajstić information content (AvgIpc) is 3.12. The summed E-state index contributed by atoms with van der Waals surface area (Å²) in [4.78, 5) is 16.9. The molecule has 0 fully saturated rings. The van der Waals surface area contributed by atoms with Crippen LogP contribution < -0.4 is 0 Å². The maximum atomic E-state index is 12.4. The summed E-state index contributed by atoms with van der Waals surface area (Å²) in [7, 11) is 0. The summed E-state index contributed by atoms with van der Waals surface area (Å²) in [5.74, 6) is 1.43. The van der Waals surface area contributed by atoms with Crippen LogP contribution in [0.15, 0.2) is 23.9 Å². The first kappa shape index (κ1) is 16.4. The molecule has 0 amide bonds. The molecule has 0 atom stereocenters. The highest BCUT2D eigenvalue weighted by atomic mass is 35.5. The predicted molar refractivity (Wildman–Crippen MR) is 96.0 cm³/mol. The third kappa shape index (κ3) is 3.40. The summed E-state index contributed by atoms with van der Waals surface area (Å²) >= 11 is 7.87. The molecule has 0 bridgehead atoms. The molecule has 0 radical (unpaired) electrons. The van der Waals surface area contributed by atoms with Gasteiger partial charge in [0.2, 0.25) is 0 Å². The molecule has 122 valence electrons. The number of pyridine rings is 1. The average molecular weight is 351 g/mol. The lowest BCUT2D eigenvalue weighted by Crippen LogP contribution is -2.26. The van der Waals surface area contributed by atoms with Crippen molar-refractivity contribution < 1.29 is 9.53 Å². The summed E-state index contributed by atoms with van der Waals surface area (Å²) in [6.07, 6.45) is 4.15. The first-order valence-electron chi connectivity index (χ1n) is 7.49. The van der Waals surface area contributed by atoms with E-state index in [1.807, 2.05) is 38.7 Å². The first-order valence-corrected chi connectivity index (χ1v) is 9.07. The van der Waals surface area contributed by atoms with Gasteiger partial charge in [-0.15, -0.1) is 23.4 Å². The Morgan fingerprint density at radius 1 is 1.48 bits per heavy atom. The smallest absolute Gasteiger partial charge is 0.420 e. The monoisotopic (exact) mass is 350 g/mol. The van der Waals surface area contributed by atoms with Gasteiger partial charge in [-0.3, -0.25) is 0 Å². The van der Waals surface area contributed by atoms with Gasteiger partial charge in [-0.2, -0.15) is 0 Å². The Kier molecular flexibility index (Phi) is 4.43. The molecule has 0 saturated heterocycles. The van der Waals surface area contributed by atoms with Gasteiger partial charge in [-0.25, -0.2) is 14.3 Å². The third-order valence-electron chi connectivity index (χ3n) is 3.55. The van der Waals surface area contributed by atoms with Crippen LogP contribution in [-0.4, -0.2) is 27.0 Å². The lowest BCUT2D eigenvalue weighted by molar-refractivity contribution is 0.0543. The highest BCUT2D eigenvalue weighted by Crippen LogP contribution is 2.32. The van der Waals surface area contributed by atoms with Crippen LogP contribution in [-0.2, 0) is 10.6 Å². The van der Waals surface area contributed by atoms with Gasteiger partial charge in [0.15, 0.2) is 0 Å². The fraction of sp³-hybridized carbons (Fsp3) is 0.412. The molecular formula is C17H19ClN2O2S. The largest absolute Gasteiger partial charge is 0.443 e. The lowest BCUT2D eigenvalue weighted by Gasteiger charge is -2.19. The Balaban J connectivity index is 2.05. The van der Waals surface area contributed by atoms with Crippen molar-refractivity contribution >= 4 is 46.1 Å². The minimum Gasteiger partial charge on any atom is -0.443 e. The molecule has 0 saturated carbocycles. The van der Waals surface area contributed by atoms with Crippen molar-refractivity contribution in [3.05, 3.63) is 35.0 Å². The Morgan fingerprint density at radius 3 is 2.87 bits per heavy atom. The SMILES string of the molecule is CC(C)(C)OC(=O)n1cc(CCl)c2cc(C3=CSCC3)cnc21. The van der Waals surface area contributed by atoms with Crippen molar-refractivity contribution in [2.45, 2.75) is 38.7 Å².